The summed E-state index contributed by atoms with van der Waals surface area (Å²) in [6, 6.07) is 6.14. The van der Waals surface area contributed by atoms with E-state index < -0.39 is 22.0 Å². The summed E-state index contributed by atoms with van der Waals surface area (Å²) >= 11 is 0. The molecule has 0 aliphatic carbocycles. The van der Waals surface area contributed by atoms with Gasteiger partial charge in [-0.25, -0.2) is 13.2 Å². The molecule has 122 valence electrons. The van der Waals surface area contributed by atoms with Crippen molar-refractivity contribution in [3.63, 3.8) is 0 Å². The molecule has 1 fully saturated rings. The average molecular weight is 328 g/mol. The summed E-state index contributed by atoms with van der Waals surface area (Å²) in [4.78, 5) is 11.7. The number of hydrogen-bond acceptors (Lipinski definition) is 5. The number of urea groups is 1. The van der Waals surface area contributed by atoms with Gasteiger partial charge >= 0.3 is 6.03 Å². The van der Waals surface area contributed by atoms with Crippen LogP contribution >= 0.6 is 0 Å². The van der Waals surface area contributed by atoms with Gasteiger partial charge in [0.15, 0.2) is 9.84 Å². The van der Waals surface area contributed by atoms with Gasteiger partial charge in [-0.2, -0.15) is 0 Å². The number of sulfone groups is 1. The number of para-hydroxylation sites is 1. The maximum Gasteiger partial charge on any atom is 0.315 e. The van der Waals surface area contributed by atoms with Crippen LogP contribution in [0.3, 0.4) is 0 Å². The normalized spacial score (nSPS) is 21.1. The number of aliphatic hydroxyl groups is 1. The Balaban J connectivity index is 1.83. The average Bonchev–Trinajstić information content (AvgIpc) is 2.83. The molecule has 1 aliphatic heterocycles. The summed E-state index contributed by atoms with van der Waals surface area (Å²) in [5.74, 6) is 0.608. The Kier molecular flexibility index (Phi) is 5.25. The van der Waals surface area contributed by atoms with Gasteiger partial charge < -0.3 is 20.5 Å². The highest BCUT2D eigenvalue weighted by Gasteiger charge is 2.29. The van der Waals surface area contributed by atoms with Crippen LogP contribution in [-0.2, 0) is 9.84 Å². The molecule has 1 saturated heterocycles. The van der Waals surface area contributed by atoms with Gasteiger partial charge in [0.25, 0.3) is 0 Å². The first kappa shape index (κ1) is 16.6. The summed E-state index contributed by atoms with van der Waals surface area (Å²) in [5, 5.41) is 15.2. The predicted octanol–water partition coefficient (Wildman–Crippen LogP) is 0.215. The van der Waals surface area contributed by atoms with Crippen molar-refractivity contribution in [1.29, 1.82) is 0 Å². The van der Waals surface area contributed by atoms with E-state index in [9.17, 15) is 18.3 Å². The number of ether oxygens (including phenoxy) is 1. The van der Waals surface area contributed by atoms with Gasteiger partial charge in [0.05, 0.1) is 24.7 Å². The first-order valence-corrected chi connectivity index (χ1v) is 8.79. The summed E-state index contributed by atoms with van der Waals surface area (Å²) in [6.45, 7) is 0.00563. The largest absolute Gasteiger partial charge is 0.496 e. The fourth-order valence-electron chi connectivity index (χ4n) is 2.39. The third kappa shape index (κ3) is 4.35. The summed E-state index contributed by atoms with van der Waals surface area (Å²) < 4.78 is 27.8. The zero-order chi connectivity index (χ0) is 16.2. The van der Waals surface area contributed by atoms with Crippen LogP contribution in [0, 0.1) is 0 Å². The van der Waals surface area contributed by atoms with Gasteiger partial charge in [0.1, 0.15) is 5.75 Å². The first-order chi connectivity index (χ1) is 10.4. The van der Waals surface area contributed by atoms with Crippen molar-refractivity contribution in [1.82, 2.24) is 10.6 Å². The Morgan fingerprint density at radius 3 is 2.82 bits per heavy atom. The SMILES string of the molecule is COc1ccccc1[C@@H](O)CNC(=O)N[C@H]1CCS(=O)(=O)C1. The Hall–Kier alpha value is -1.80. The number of carbonyl (C=O) groups excluding carboxylic acids is 1. The van der Waals surface area contributed by atoms with Gasteiger partial charge in [-0.05, 0) is 12.5 Å². The Bertz CT molecular complexity index is 632. The molecular weight excluding hydrogens is 308 g/mol. The maximum atomic E-state index is 11.7. The van der Waals surface area contributed by atoms with E-state index in [4.69, 9.17) is 4.74 Å². The molecular formula is C14H20N2O5S. The highest BCUT2D eigenvalue weighted by Crippen LogP contribution is 2.23. The molecule has 2 amide bonds. The maximum absolute atomic E-state index is 11.7. The zero-order valence-electron chi connectivity index (χ0n) is 12.3. The molecule has 0 aromatic heterocycles. The molecule has 8 heteroatoms. The van der Waals surface area contributed by atoms with E-state index in [2.05, 4.69) is 10.6 Å². The van der Waals surface area contributed by atoms with E-state index in [0.29, 0.717) is 17.7 Å². The molecule has 0 spiro atoms. The van der Waals surface area contributed by atoms with Gasteiger partial charge in [0.2, 0.25) is 0 Å². The number of amides is 2. The minimum absolute atomic E-state index is 0.00563. The van der Waals surface area contributed by atoms with Gasteiger partial charge in [-0.1, -0.05) is 18.2 Å². The fraction of sp³-hybridized carbons (Fsp3) is 0.500. The Labute approximate surface area is 129 Å². The Morgan fingerprint density at radius 2 is 2.18 bits per heavy atom. The lowest BCUT2D eigenvalue weighted by atomic mass is 10.1. The van der Waals surface area contributed by atoms with E-state index in [-0.39, 0.29) is 24.1 Å². The number of rotatable bonds is 5. The molecule has 1 aromatic carbocycles. The molecule has 2 atom stereocenters. The molecule has 22 heavy (non-hydrogen) atoms. The van der Waals surface area contributed by atoms with Crippen LogP contribution in [0.5, 0.6) is 5.75 Å². The van der Waals surface area contributed by atoms with E-state index in [0.717, 1.165) is 0 Å². The number of benzene rings is 1. The highest BCUT2D eigenvalue weighted by molar-refractivity contribution is 7.91. The van der Waals surface area contributed by atoms with Crippen molar-refractivity contribution >= 4 is 15.9 Å². The minimum atomic E-state index is -3.03. The molecule has 1 aromatic rings. The van der Waals surface area contributed by atoms with E-state index in [1.807, 2.05) is 0 Å². The second kappa shape index (κ2) is 6.97. The molecule has 3 N–H and O–H groups in total. The second-order valence-electron chi connectivity index (χ2n) is 5.21. The molecule has 2 rings (SSSR count). The Morgan fingerprint density at radius 1 is 1.45 bits per heavy atom. The van der Waals surface area contributed by atoms with Crippen molar-refractivity contribution in [2.45, 2.75) is 18.6 Å². The van der Waals surface area contributed by atoms with Crippen molar-refractivity contribution in [2.24, 2.45) is 0 Å². The lowest BCUT2D eigenvalue weighted by Gasteiger charge is -2.17. The second-order valence-corrected chi connectivity index (χ2v) is 7.44. The standard InChI is InChI=1S/C14H20N2O5S/c1-21-13-5-3-2-4-11(13)12(17)8-15-14(18)16-10-6-7-22(19,20)9-10/h2-5,10,12,17H,6-9H2,1H3,(H2,15,16,18)/t10-,12-/m0/s1. The van der Waals surface area contributed by atoms with Gasteiger partial charge in [0, 0.05) is 18.2 Å². The van der Waals surface area contributed by atoms with Crippen LogP contribution < -0.4 is 15.4 Å². The minimum Gasteiger partial charge on any atom is -0.496 e. The van der Waals surface area contributed by atoms with Crippen molar-refractivity contribution in [3.8, 4) is 5.75 Å². The van der Waals surface area contributed by atoms with Crippen LogP contribution in [-0.4, -0.2) is 50.8 Å². The monoisotopic (exact) mass is 328 g/mol. The van der Waals surface area contributed by atoms with Crippen molar-refractivity contribution in [2.75, 3.05) is 25.2 Å². The summed E-state index contributed by atoms with van der Waals surface area (Å²) in [7, 11) is -1.53. The molecule has 0 bridgehead atoms. The third-order valence-electron chi connectivity index (χ3n) is 3.52. The van der Waals surface area contributed by atoms with E-state index >= 15 is 0 Å². The molecule has 0 radical (unpaired) electrons. The predicted molar refractivity (Wildman–Crippen MR) is 81.5 cm³/mol. The van der Waals surface area contributed by atoms with Gasteiger partial charge in [-0.15, -0.1) is 0 Å². The smallest absolute Gasteiger partial charge is 0.315 e. The fourth-order valence-corrected chi connectivity index (χ4v) is 4.06. The number of nitrogens with one attached hydrogen (secondary N) is 2. The topological polar surface area (TPSA) is 105 Å². The summed E-state index contributed by atoms with van der Waals surface area (Å²) in [6.07, 6.45) is -0.487. The molecule has 1 aliphatic rings. The van der Waals surface area contributed by atoms with Gasteiger partial charge in [-0.3, -0.25) is 0 Å². The van der Waals surface area contributed by atoms with E-state index in [1.54, 1.807) is 24.3 Å². The number of aliphatic hydroxyl groups excluding tert-OH is 1. The van der Waals surface area contributed by atoms with Crippen molar-refractivity contribution in [3.05, 3.63) is 29.8 Å². The first-order valence-electron chi connectivity index (χ1n) is 6.97. The molecule has 0 saturated carbocycles. The van der Waals surface area contributed by atoms with Crippen LogP contribution in [0.25, 0.3) is 0 Å². The van der Waals surface area contributed by atoms with Crippen LogP contribution in [0.1, 0.15) is 18.1 Å². The summed E-state index contributed by atoms with van der Waals surface area (Å²) in [5.41, 5.74) is 0.578. The molecule has 7 nitrogen and oxygen atoms in total. The van der Waals surface area contributed by atoms with Crippen molar-refractivity contribution < 1.29 is 23.1 Å². The van der Waals surface area contributed by atoms with Crippen LogP contribution in [0.15, 0.2) is 24.3 Å². The quantitative estimate of drug-likeness (QED) is 0.717. The number of hydrogen-bond donors (Lipinski definition) is 3. The van der Waals surface area contributed by atoms with Crippen LogP contribution in [0.4, 0.5) is 4.79 Å². The number of methoxy groups -OCH3 is 1. The lowest BCUT2D eigenvalue weighted by molar-refractivity contribution is 0.169. The molecule has 0 unspecified atom stereocenters. The van der Waals surface area contributed by atoms with Crippen LogP contribution in [0.2, 0.25) is 0 Å². The highest BCUT2D eigenvalue weighted by atomic mass is 32.2. The lowest BCUT2D eigenvalue weighted by Crippen LogP contribution is -2.43. The third-order valence-corrected chi connectivity index (χ3v) is 5.29. The molecule has 1 heterocycles. The van der Waals surface area contributed by atoms with E-state index in [1.165, 1.54) is 7.11 Å². The number of carbonyl (C=O) groups is 1. The zero-order valence-corrected chi connectivity index (χ0v) is 13.1.